The molecule has 14 heavy (non-hydrogen) atoms. The van der Waals surface area contributed by atoms with Gasteiger partial charge < -0.3 is 5.32 Å². The summed E-state index contributed by atoms with van der Waals surface area (Å²) in [6.07, 6.45) is 8.94. The molecule has 0 amide bonds. The molecule has 0 radical (unpaired) electrons. The zero-order valence-electron chi connectivity index (χ0n) is 9.03. The van der Waals surface area contributed by atoms with E-state index >= 15 is 0 Å². The van der Waals surface area contributed by atoms with Gasteiger partial charge in [-0.05, 0) is 12.3 Å². The van der Waals surface area contributed by atoms with Crippen LogP contribution < -0.4 is 5.32 Å². The minimum absolute atomic E-state index is 0.812. The largest absolute Gasteiger partial charge is 0.369 e. The third kappa shape index (κ3) is 4.80. The van der Waals surface area contributed by atoms with Gasteiger partial charge in [0.15, 0.2) is 0 Å². The van der Waals surface area contributed by atoms with Gasteiger partial charge in [-0.15, -0.1) is 0 Å². The third-order valence-corrected chi connectivity index (χ3v) is 2.08. The summed E-state index contributed by atoms with van der Waals surface area (Å²) in [5.41, 5.74) is 0. The SMILES string of the molecule is CC(C)CCCCNc1cnccn1. The van der Waals surface area contributed by atoms with Crippen LogP contribution >= 0.6 is 0 Å². The number of aromatic nitrogens is 2. The van der Waals surface area contributed by atoms with Gasteiger partial charge >= 0.3 is 0 Å². The highest BCUT2D eigenvalue weighted by Crippen LogP contribution is 2.06. The Morgan fingerprint density at radius 1 is 1.29 bits per heavy atom. The van der Waals surface area contributed by atoms with Crippen LogP contribution in [0.15, 0.2) is 18.6 Å². The summed E-state index contributed by atoms with van der Waals surface area (Å²) in [7, 11) is 0. The Balaban J connectivity index is 2.05. The number of rotatable bonds is 6. The molecule has 0 unspecified atom stereocenters. The number of nitrogens with zero attached hydrogens (tertiary/aromatic N) is 2. The van der Waals surface area contributed by atoms with E-state index in [0.717, 1.165) is 18.3 Å². The Morgan fingerprint density at radius 3 is 2.79 bits per heavy atom. The van der Waals surface area contributed by atoms with E-state index in [1.165, 1.54) is 19.3 Å². The van der Waals surface area contributed by atoms with E-state index in [-0.39, 0.29) is 0 Å². The number of anilines is 1. The molecule has 0 saturated carbocycles. The van der Waals surface area contributed by atoms with E-state index in [4.69, 9.17) is 0 Å². The van der Waals surface area contributed by atoms with E-state index in [0.29, 0.717) is 0 Å². The first-order valence-electron chi connectivity index (χ1n) is 5.29. The lowest BCUT2D eigenvalue weighted by molar-refractivity contribution is 0.544. The maximum absolute atomic E-state index is 4.14. The van der Waals surface area contributed by atoms with Crippen molar-refractivity contribution >= 4 is 5.82 Å². The normalized spacial score (nSPS) is 10.5. The van der Waals surface area contributed by atoms with E-state index in [9.17, 15) is 0 Å². The van der Waals surface area contributed by atoms with Crippen LogP contribution in [0.4, 0.5) is 5.82 Å². The van der Waals surface area contributed by atoms with Crippen molar-refractivity contribution in [2.24, 2.45) is 5.92 Å². The molecule has 3 heteroatoms. The first-order valence-corrected chi connectivity index (χ1v) is 5.29. The molecule has 0 bridgehead atoms. The molecular weight excluding hydrogens is 174 g/mol. The molecule has 0 aliphatic carbocycles. The average Bonchev–Trinajstić information content (AvgIpc) is 2.18. The van der Waals surface area contributed by atoms with E-state index in [1.54, 1.807) is 18.6 Å². The molecule has 0 spiro atoms. The van der Waals surface area contributed by atoms with Gasteiger partial charge in [-0.2, -0.15) is 0 Å². The van der Waals surface area contributed by atoms with Crippen LogP contribution in [-0.2, 0) is 0 Å². The van der Waals surface area contributed by atoms with Crippen molar-refractivity contribution in [1.82, 2.24) is 9.97 Å². The highest BCUT2D eigenvalue weighted by atomic mass is 15.0. The summed E-state index contributed by atoms with van der Waals surface area (Å²) in [5.74, 6) is 1.68. The van der Waals surface area contributed by atoms with Gasteiger partial charge in [-0.25, -0.2) is 4.98 Å². The number of nitrogens with one attached hydrogen (secondary N) is 1. The van der Waals surface area contributed by atoms with Crippen molar-refractivity contribution in [3.05, 3.63) is 18.6 Å². The minimum atomic E-state index is 0.812. The van der Waals surface area contributed by atoms with Gasteiger partial charge in [0.1, 0.15) is 5.82 Å². The number of hydrogen-bond acceptors (Lipinski definition) is 3. The van der Waals surface area contributed by atoms with E-state index in [2.05, 4.69) is 29.1 Å². The Kier molecular flexibility index (Phi) is 4.97. The fourth-order valence-electron chi connectivity index (χ4n) is 1.28. The quantitative estimate of drug-likeness (QED) is 0.706. The number of hydrogen-bond donors (Lipinski definition) is 1. The second-order valence-corrected chi connectivity index (χ2v) is 3.91. The van der Waals surface area contributed by atoms with E-state index in [1.807, 2.05) is 0 Å². The molecule has 0 aliphatic rings. The van der Waals surface area contributed by atoms with Crippen molar-refractivity contribution in [3.8, 4) is 0 Å². The van der Waals surface area contributed by atoms with E-state index < -0.39 is 0 Å². The van der Waals surface area contributed by atoms with Gasteiger partial charge in [0, 0.05) is 18.9 Å². The first-order chi connectivity index (χ1) is 6.79. The molecule has 1 rings (SSSR count). The lowest BCUT2D eigenvalue weighted by atomic mass is 10.1. The Morgan fingerprint density at radius 2 is 2.14 bits per heavy atom. The Hall–Kier alpha value is -1.12. The zero-order chi connectivity index (χ0) is 10.2. The zero-order valence-corrected chi connectivity index (χ0v) is 9.03. The van der Waals surface area contributed by atoms with Crippen LogP contribution in [-0.4, -0.2) is 16.5 Å². The predicted molar refractivity (Wildman–Crippen MR) is 59.2 cm³/mol. The highest BCUT2D eigenvalue weighted by molar-refractivity contribution is 5.29. The predicted octanol–water partition coefficient (Wildman–Crippen LogP) is 2.71. The van der Waals surface area contributed by atoms with Gasteiger partial charge in [0.25, 0.3) is 0 Å². The summed E-state index contributed by atoms with van der Waals surface area (Å²) in [6.45, 7) is 5.51. The smallest absolute Gasteiger partial charge is 0.144 e. The number of unbranched alkanes of at least 4 members (excludes halogenated alkanes) is 1. The van der Waals surface area contributed by atoms with Crippen LogP contribution in [0.3, 0.4) is 0 Å². The molecular formula is C11H19N3. The fraction of sp³-hybridized carbons (Fsp3) is 0.636. The van der Waals surface area contributed by atoms with Crippen molar-refractivity contribution in [2.75, 3.05) is 11.9 Å². The van der Waals surface area contributed by atoms with Crippen molar-refractivity contribution in [2.45, 2.75) is 33.1 Å². The molecule has 1 aromatic rings. The molecule has 1 aromatic heterocycles. The highest BCUT2D eigenvalue weighted by Gasteiger charge is 1.94. The second kappa shape index (κ2) is 6.35. The van der Waals surface area contributed by atoms with Gasteiger partial charge in [-0.3, -0.25) is 4.98 Å². The summed E-state index contributed by atoms with van der Waals surface area (Å²) in [5, 5.41) is 3.24. The van der Waals surface area contributed by atoms with Crippen molar-refractivity contribution < 1.29 is 0 Å². The molecule has 0 saturated heterocycles. The molecule has 1 N–H and O–H groups in total. The van der Waals surface area contributed by atoms with Gasteiger partial charge in [-0.1, -0.05) is 26.7 Å². The average molecular weight is 193 g/mol. The molecule has 0 aliphatic heterocycles. The molecule has 3 nitrogen and oxygen atoms in total. The maximum Gasteiger partial charge on any atom is 0.144 e. The second-order valence-electron chi connectivity index (χ2n) is 3.91. The summed E-state index contributed by atoms with van der Waals surface area (Å²) in [6, 6.07) is 0. The van der Waals surface area contributed by atoms with Crippen LogP contribution in [0.1, 0.15) is 33.1 Å². The minimum Gasteiger partial charge on any atom is -0.369 e. The van der Waals surface area contributed by atoms with Gasteiger partial charge in [0.05, 0.1) is 6.20 Å². The summed E-state index contributed by atoms with van der Waals surface area (Å²) in [4.78, 5) is 8.12. The molecule has 0 fully saturated rings. The van der Waals surface area contributed by atoms with Crippen LogP contribution in [0.25, 0.3) is 0 Å². The van der Waals surface area contributed by atoms with Crippen LogP contribution in [0.2, 0.25) is 0 Å². The van der Waals surface area contributed by atoms with Crippen LogP contribution in [0.5, 0.6) is 0 Å². The van der Waals surface area contributed by atoms with Gasteiger partial charge in [0.2, 0.25) is 0 Å². The molecule has 78 valence electrons. The summed E-state index contributed by atoms with van der Waals surface area (Å²) >= 11 is 0. The molecule has 0 aromatic carbocycles. The first kappa shape index (κ1) is 11.0. The molecule has 0 atom stereocenters. The van der Waals surface area contributed by atoms with Crippen molar-refractivity contribution in [1.29, 1.82) is 0 Å². The van der Waals surface area contributed by atoms with Crippen LogP contribution in [0, 0.1) is 5.92 Å². The standard InChI is InChI=1S/C11H19N3/c1-10(2)5-3-4-6-13-11-9-12-7-8-14-11/h7-10H,3-6H2,1-2H3,(H,13,14). The lowest BCUT2D eigenvalue weighted by Gasteiger charge is -2.05. The maximum atomic E-state index is 4.14. The molecule has 1 heterocycles. The topological polar surface area (TPSA) is 37.8 Å². The monoisotopic (exact) mass is 193 g/mol. The Labute approximate surface area is 86.0 Å². The Bertz CT molecular complexity index is 234. The third-order valence-electron chi connectivity index (χ3n) is 2.08. The van der Waals surface area contributed by atoms with Crippen molar-refractivity contribution in [3.63, 3.8) is 0 Å². The fourth-order valence-corrected chi connectivity index (χ4v) is 1.28. The lowest BCUT2D eigenvalue weighted by Crippen LogP contribution is -2.03. The summed E-state index contributed by atoms with van der Waals surface area (Å²) < 4.78 is 0.